The van der Waals surface area contributed by atoms with Gasteiger partial charge in [0.05, 0.1) is 6.04 Å². The fourth-order valence-electron chi connectivity index (χ4n) is 2.72. The van der Waals surface area contributed by atoms with Gasteiger partial charge in [-0.1, -0.05) is 12.8 Å². The average molecular weight is 239 g/mol. The summed E-state index contributed by atoms with van der Waals surface area (Å²) in [4.78, 5) is 14.3. The first-order chi connectivity index (χ1) is 8.36. The van der Waals surface area contributed by atoms with Gasteiger partial charge in [-0.15, -0.1) is 0 Å². The number of rotatable bonds is 4. The molecule has 0 spiro atoms. The zero-order valence-corrected chi connectivity index (χ0v) is 10.7. The van der Waals surface area contributed by atoms with E-state index in [4.69, 9.17) is 0 Å². The van der Waals surface area contributed by atoms with Gasteiger partial charge in [0.2, 0.25) is 5.91 Å². The Balaban J connectivity index is 1.58. The van der Waals surface area contributed by atoms with Gasteiger partial charge < -0.3 is 15.5 Å². The summed E-state index contributed by atoms with van der Waals surface area (Å²) < 4.78 is 0. The monoisotopic (exact) mass is 239 g/mol. The van der Waals surface area contributed by atoms with Crippen LogP contribution in [-0.4, -0.2) is 49.6 Å². The molecule has 0 aromatic carbocycles. The second-order valence-electron chi connectivity index (χ2n) is 5.20. The normalized spacial score (nSPS) is 26.7. The first-order valence-electron chi connectivity index (χ1n) is 7.10. The van der Waals surface area contributed by atoms with Crippen LogP contribution in [0.4, 0.5) is 0 Å². The molecule has 0 saturated carbocycles. The number of carbonyl (C=O) groups excluding carboxylic acids is 1. The third-order valence-corrected chi connectivity index (χ3v) is 3.80. The molecule has 2 aliphatic heterocycles. The van der Waals surface area contributed by atoms with Crippen LogP contribution in [0, 0.1) is 0 Å². The van der Waals surface area contributed by atoms with Crippen LogP contribution in [0.5, 0.6) is 0 Å². The van der Waals surface area contributed by atoms with Gasteiger partial charge >= 0.3 is 0 Å². The second-order valence-corrected chi connectivity index (χ2v) is 5.20. The van der Waals surface area contributed by atoms with E-state index in [1.807, 2.05) is 0 Å². The predicted molar refractivity (Wildman–Crippen MR) is 68.9 cm³/mol. The first kappa shape index (κ1) is 12.8. The van der Waals surface area contributed by atoms with Gasteiger partial charge in [0.25, 0.3) is 0 Å². The number of hydrogen-bond donors (Lipinski definition) is 2. The number of carbonyl (C=O) groups is 1. The molecule has 0 aromatic rings. The number of hydrogen-bond acceptors (Lipinski definition) is 3. The van der Waals surface area contributed by atoms with Gasteiger partial charge in [-0.2, -0.15) is 0 Å². The highest BCUT2D eigenvalue weighted by molar-refractivity contribution is 5.81. The number of piperidine rings is 2. The topological polar surface area (TPSA) is 44.4 Å². The third kappa shape index (κ3) is 4.28. The Labute approximate surface area is 104 Å². The molecule has 1 atom stereocenters. The van der Waals surface area contributed by atoms with Crippen LogP contribution < -0.4 is 10.6 Å². The van der Waals surface area contributed by atoms with E-state index in [2.05, 4.69) is 15.5 Å². The number of likely N-dealkylation sites (tertiary alicyclic amines) is 1. The molecule has 2 heterocycles. The van der Waals surface area contributed by atoms with Gasteiger partial charge in [-0.05, 0) is 45.3 Å². The molecule has 0 bridgehead atoms. The van der Waals surface area contributed by atoms with Crippen molar-refractivity contribution in [3.05, 3.63) is 0 Å². The SMILES string of the molecule is O=C(NCCN1CCCCC1)C1CCCCN1. The van der Waals surface area contributed by atoms with Crippen molar-refractivity contribution in [1.82, 2.24) is 15.5 Å². The van der Waals surface area contributed by atoms with E-state index in [1.165, 1.54) is 45.2 Å². The lowest BCUT2D eigenvalue weighted by atomic mass is 10.0. The maximum absolute atomic E-state index is 11.8. The van der Waals surface area contributed by atoms with Crippen molar-refractivity contribution in [2.45, 2.75) is 44.6 Å². The fourth-order valence-corrected chi connectivity index (χ4v) is 2.72. The summed E-state index contributed by atoms with van der Waals surface area (Å²) in [5, 5.41) is 6.34. The van der Waals surface area contributed by atoms with E-state index in [9.17, 15) is 4.79 Å². The summed E-state index contributed by atoms with van der Waals surface area (Å²) in [5.41, 5.74) is 0. The summed E-state index contributed by atoms with van der Waals surface area (Å²) in [7, 11) is 0. The van der Waals surface area contributed by atoms with Gasteiger partial charge in [-0.3, -0.25) is 4.79 Å². The summed E-state index contributed by atoms with van der Waals surface area (Å²) >= 11 is 0. The molecule has 1 unspecified atom stereocenters. The Morgan fingerprint density at radius 1 is 1.18 bits per heavy atom. The largest absolute Gasteiger partial charge is 0.353 e. The van der Waals surface area contributed by atoms with Crippen molar-refractivity contribution in [2.24, 2.45) is 0 Å². The van der Waals surface area contributed by atoms with Gasteiger partial charge in [0.1, 0.15) is 0 Å². The van der Waals surface area contributed by atoms with Crippen LogP contribution in [0.3, 0.4) is 0 Å². The fraction of sp³-hybridized carbons (Fsp3) is 0.923. The molecule has 2 N–H and O–H groups in total. The van der Waals surface area contributed by atoms with E-state index in [1.54, 1.807) is 0 Å². The van der Waals surface area contributed by atoms with Gasteiger partial charge in [0, 0.05) is 13.1 Å². The second kappa shape index (κ2) is 6.97. The summed E-state index contributed by atoms with van der Waals surface area (Å²) in [6.45, 7) is 5.22. The highest BCUT2D eigenvalue weighted by Crippen LogP contribution is 2.08. The molecule has 1 amide bonds. The van der Waals surface area contributed by atoms with Crippen LogP contribution in [0.25, 0.3) is 0 Å². The smallest absolute Gasteiger partial charge is 0.237 e. The lowest BCUT2D eigenvalue weighted by Crippen LogP contribution is -2.48. The zero-order chi connectivity index (χ0) is 11.9. The Kier molecular flexibility index (Phi) is 5.26. The molecule has 4 heteroatoms. The van der Waals surface area contributed by atoms with E-state index in [0.29, 0.717) is 0 Å². The van der Waals surface area contributed by atoms with Crippen LogP contribution in [-0.2, 0) is 4.79 Å². The quantitative estimate of drug-likeness (QED) is 0.760. The maximum atomic E-state index is 11.8. The molecular formula is C13H25N3O. The van der Waals surface area contributed by atoms with E-state index >= 15 is 0 Å². The molecule has 17 heavy (non-hydrogen) atoms. The van der Waals surface area contributed by atoms with Crippen LogP contribution in [0.1, 0.15) is 38.5 Å². The van der Waals surface area contributed by atoms with E-state index in [-0.39, 0.29) is 11.9 Å². The molecule has 2 rings (SSSR count). The van der Waals surface area contributed by atoms with Gasteiger partial charge in [-0.25, -0.2) is 0 Å². The lowest BCUT2D eigenvalue weighted by Gasteiger charge is -2.27. The highest BCUT2D eigenvalue weighted by atomic mass is 16.2. The van der Waals surface area contributed by atoms with Crippen molar-refractivity contribution in [1.29, 1.82) is 0 Å². The minimum absolute atomic E-state index is 0.0603. The maximum Gasteiger partial charge on any atom is 0.237 e. The lowest BCUT2D eigenvalue weighted by molar-refractivity contribution is -0.123. The Bertz CT molecular complexity index is 233. The van der Waals surface area contributed by atoms with Crippen molar-refractivity contribution in [2.75, 3.05) is 32.7 Å². The van der Waals surface area contributed by atoms with Crippen LogP contribution >= 0.6 is 0 Å². The molecule has 0 radical (unpaired) electrons. The summed E-state index contributed by atoms with van der Waals surface area (Å²) in [6, 6.07) is 0.0603. The molecule has 0 aromatic heterocycles. The van der Waals surface area contributed by atoms with E-state index < -0.39 is 0 Å². The first-order valence-corrected chi connectivity index (χ1v) is 7.10. The average Bonchev–Trinajstić information content (AvgIpc) is 2.41. The van der Waals surface area contributed by atoms with Crippen molar-refractivity contribution in [3.63, 3.8) is 0 Å². The number of amides is 1. The summed E-state index contributed by atoms with van der Waals surface area (Å²) in [6.07, 6.45) is 7.38. The third-order valence-electron chi connectivity index (χ3n) is 3.80. The molecule has 2 fully saturated rings. The molecule has 0 aliphatic carbocycles. The molecule has 4 nitrogen and oxygen atoms in total. The minimum atomic E-state index is 0.0603. The van der Waals surface area contributed by atoms with E-state index in [0.717, 1.165) is 26.1 Å². The molecule has 2 aliphatic rings. The standard InChI is InChI=1S/C13H25N3O/c17-13(12-6-2-3-7-14-12)15-8-11-16-9-4-1-5-10-16/h12,14H,1-11H2,(H,15,17). The van der Waals surface area contributed by atoms with Crippen molar-refractivity contribution in [3.8, 4) is 0 Å². The predicted octanol–water partition coefficient (Wildman–Crippen LogP) is 0.731. The van der Waals surface area contributed by atoms with Crippen molar-refractivity contribution >= 4 is 5.91 Å². The molecule has 2 saturated heterocycles. The summed E-state index contributed by atoms with van der Waals surface area (Å²) in [5.74, 6) is 0.196. The zero-order valence-electron chi connectivity index (χ0n) is 10.7. The molecular weight excluding hydrogens is 214 g/mol. The minimum Gasteiger partial charge on any atom is -0.353 e. The highest BCUT2D eigenvalue weighted by Gasteiger charge is 2.20. The van der Waals surface area contributed by atoms with Crippen molar-refractivity contribution < 1.29 is 4.79 Å². The number of nitrogens with one attached hydrogen (secondary N) is 2. The van der Waals surface area contributed by atoms with Gasteiger partial charge in [0.15, 0.2) is 0 Å². The van der Waals surface area contributed by atoms with Crippen LogP contribution in [0.2, 0.25) is 0 Å². The number of nitrogens with zero attached hydrogens (tertiary/aromatic N) is 1. The Morgan fingerprint density at radius 3 is 2.71 bits per heavy atom. The Morgan fingerprint density at radius 2 is 2.00 bits per heavy atom. The Hall–Kier alpha value is -0.610. The van der Waals surface area contributed by atoms with Crippen LogP contribution in [0.15, 0.2) is 0 Å². The molecule has 98 valence electrons.